The molecule has 0 fully saturated rings. The normalized spacial score (nSPS) is 13.4. The number of benzene rings is 2. The van der Waals surface area contributed by atoms with Crippen molar-refractivity contribution < 1.29 is 4.43 Å². The molecule has 1 atom stereocenters. The van der Waals surface area contributed by atoms with Crippen LogP contribution in [0.25, 0.3) is 0 Å². The smallest absolute Gasteiger partial charge is 0.241 e. The average molecular weight is 467 g/mol. The van der Waals surface area contributed by atoms with Gasteiger partial charge in [0.2, 0.25) is 7.83 Å². The standard InChI is InChI=1S/C27H42OSi3/c1-8-9-10-13-18-25(23-24-29(2,3)4)28-31(30(5,6)7,26-19-14-11-15-20-26)27-21-16-12-17-22-27/h11-12,14-17,19-22,25H,8-10,13,18H2,1-7H3/t25-/m0/s1. The van der Waals surface area contributed by atoms with E-state index in [1.165, 1.54) is 36.1 Å². The van der Waals surface area contributed by atoms with Gasteiger partial charge in [0.25, 0.3) is 0 Å². The van der Waals surface area contributed by atoms with E-state index in [9.17, 15) is 0 Å². The first-order valence-electron chi connectivity index (χ1n) is 11.9. The largest absolute Gasteiger partial charge is 0.397 e. The molecule has 0 radical (unpaired) electrons. The van der Waals surface area contributed by atoms with E-state index in [0.29, 0.717) is 0 Å². The fourth-order valence-electron chi connectivity index (χ4n) is 4.12. The minimum atomic E-state index is -2.43. The lowest BCUT2D eigenvalue weighted by Crippen LogP contribution is -2.75. The van der Waals surface area contributed by atoms with Crippen LogP contribution in [0.3, 0.4) is 0 Å². The van der Waals surface area contributed by atoms with Crippen LogP contribution in [-0.4, -0.2) is 29.6 Å². The van der Waals surface area contributed by atoms with E-state index in [2.05, 4.69) is 118 Å². The Morgan fingerprint density at radius 2 is 1.26 bits per heavy atom. The van der Waals surface area contributed by atoms with E-state index in [0.717, 1.165) is 6.42 Å². The van der Waals surface area contributed by atoms with Crippen molar-refractivity contribution in [1.29, 1.82) is 0 Å². The lowest BCUT2D eigenvalue weighted by Gasteiger charge is -2.43. The summed E-state index contributed by atoms with van der Waals surface area (Å²) in [6, 6.07) is 22.1. The van der Waals surface area contributed by atoms with Crippen molar-refractivity contribution in [2.24, 2.45) is 0 Å². The lowest BCUT2D eigenvalue weighted by molar-refractivity contribution is 0.246. The molecule has 0 saturated carbocycles. The van der Waals surface area contributed by atoms with E-state index in [4.69, 9.17) is 4.43 Å². The molecule has 0 aliphatic rings. The molecule has 0 N–H and O–H groups in total. The highest BCUT2D eigenvalue weighted by Crippen LogP contribution is 2.24. The molecule has 0 aliphatic heterocycles. The van der Waals surface area contributed by atoms with Crippen LogP contribution in [0.2, 0.25) is 39.3 Å². The molecule has 0 spiro atoms. The third-order valence-electron chi connectivity index (χ3n) is 5.66. The molecule has 2 rings (SSSR count). The van der Waals surface area contributed by atoms with Crippen molar-refractivity contribution in [2.45, 2.75) is 84.4 Å². The molecule has 0 aromatic heterocycles. The van der Waals surface area contributed by atoms with Gasteiger partial charge in [0.05, 0.1) is 7.59 Å². The Balaban J connectivity index is 2.58. The molecule has 1 nitrogen and oxygen atoms in total. The zero-order valence-electron chi connectivity index (χ0n) is 20.8. The Bertz CT molecular complexity index is 800. The fourth-order valence-corrected chi connectivity index (χ4v) is 17.0. The molecule has 0 amide bonds. The first kappa shape index (κ1) is 25.9. The molecule has 2 aromatic carbocycles. The van der Waals surface area contributed by atoms with Crippen molar-refractivity contribution in [2.75, 3.05) is 0 Å². The molecule has 0 saturated heterocycles. The van der Waals surface area contributed by atoms with Gasteiger partial charge in [-0.1, -0.05) is 132 Å². The molecule has 2 aromatic rings. The summed E-state index contributed by atoms with van der Waals surface area (Å²) in [6.45, 7) is 16.7. The summed E-state index contributed by atoms with van der Waals surface area (Å²) in [7, 11) is -5.64. The number of unbranched alkanes of at least 4 members (excludes halogenated alkanes) is 3. The summed E-state index contributed by atoms with van der Waals surface area (Å²) < 4.78 is 7.40. The van der Waals surface area contributed by atoms with Crippen LogP contribution in [0.4, 0.5) is 0 Å². The van der Waals surface area contributed by atoms with Gasteiger partial charge in [0.1, 0.15) is 14.2 Å². The average Bonchev–Trinajstić information content (AvgIpc) is 2.72. The van der Waals surface area contributed by atoms with Gasteiger partial charge in [-0.05, 0) is 23.2 Å². The van der Waals surface area contributed by atoms with Crippen LogP contribution >= 0.6 is 0 Å². The van der Waals surface area contributed by atoms with Crippen LogP contribution in [0.1, 0.15) is 39.0 Å². The van der Waals surface area contributed by atoms with Gasteiger partial charge < -0.3 is 4.43 Å². The predicted molar refractivity (Wildman–Crippen MR) is 146 cm³/mol. The van der Waals surface area contributed by atoms with E-state index >= 15 is 0 Å². The van der Waals surface area contributed by atoms with Gasteiger partial charge in [0, 0.05) is 0 Å². The van der Waals surface area contributed by atoms with Crippen molar-refractivity contribution in [3.63, 3.8) is 0 Å². The van der Waals surface area contributed by atoms with E-state index < -0.39 is 23.5 Å². The molecule has 0 heterocycles. The van der Waals surface area contributed by atoms with E-state index in [1.807, 2.05) is 0 Å². The molecule has 4 heteroatoms. The van der Waals surface area contributed by atoms with Crippen molar-refractivity contribution in [1.82, 2.24) is 0 Å². The quantitative estimate of drug-likeness (QED) is 0.224. The van der Waals surface area contributed by atoms with Gasteiger partial charge >= 0.3 is 0 Å². The summed E-state index contributed by atoms with van der Waals surface area (Å²) >= 11 is 0. The third kappa shape index (κ3) is 7.32. The van der Waals surface area contributed by atoms with E-state index in [-0.39, 0.29) is 6.10 Å². The molecule has 0 aliphatic carbocycles. The second-order valence-corrected chi connectivity index (χ2v) is 29.3. The first-order chi connectivity index (χ1) is 14.6. The topological polar surface area (TPSA) is 9.23 Å². The SMILES string of the molecule is CCCCCC[C@@H](C#C[Si](C)(C)C)O[Si](c1ccccc1)(c1ccccc1)[Si](C)(C)C. The molecule has 31 heavy (non-hydrogen) atoms. The Kier molecular flexibility index (Phi) is 9.57. The summed E-state index contributed by atoms with van der Waals surface area (Å²) in [6.07, 6.45) is 6.07. The van der Waals surface area contributed by atoms with Crippen LogP contribution in [0, 0.1) is 11.5 Å². The Labute approximate surface area is 194 Å². The van der Waals surface area contributed by atoms with Gasteiger partial charge in [-0.2, -0.15) is 0 Å². The summed E-state index contributed by atoms with van der Waals surface area (Å²) in [5.74, 6) is 3.65. The van der Waals surface area contributed by atoms with Crippen molar-refractivity contribution >= 4 is 33.9 Å². The minimum Gasteiger partial charge on any atom is -0.397 e. The summed E-state index contributed by atoms with van der Waals surface area (Å²) in [4.78, 5) is 0. The highest BCUT2D eigenvalue weighted by Gasteiger charge is 2.52. The second-order valence-electron chi connectivity index (χ2n) is 10.6. The summed E-state index contributed by atoms with van der Waals surface area (Å²) in [5.41, 5.74) is 3.64. The molecular weight excluding hydrogens is 425 g/mol. The minimum absolute atomic E-state index is 0.0161. The molecule has 168 valence electrons. The Hall–Kier alpha value is -1.39. The number of hydrogen-bond acceptors (Lipinski definition) is 1. The van der Waals surface area contributed by atoms with Crippen LogP contribution in [0.15, 0.2) is 60.7 Å². The Morgan fingerprint density at radius 3 is 1.68 bits per heavy atom. The van der Waals surface area contributed by atoms with Gasteiger partial charge in [-0.3, -0.25) is 0 Å². The molecule has 0 unspecified atom stereocenters. The molecular formula is C27H42OSi3. The number of rotatable bonds is 10. The van der Waals surface area contributed by atoms with Crippen LogP contribution in [0.5, 0.6) is 0 Å². The van der Waals surface area contributed by atoms with Gasteiger partial charge in [-0.15, -0.1) is 5.54 Å². The van der Waals surface area contributed by atoms with E-state index in [1.54, 1.807) is 0 Å². The highest BCUT2D eigenvalue weighted by molar-refractivity contribution is 7.48. The second kappa shape index (κ2) is 11.5. The van der Waals surface area contributed by atoms with Gasteiger partial charge in [0.15, 0.2) is 0 Å². The molecule has 0 bridgehead atoms. The zero-order chi connectivity index (χ0) is 23.0. The first-order valence-corrected chi connectivity index (χ1v) is 21.8. The van der Waals surface area contributed by atoms with Crippen LogP contribution < -0.4 is 10.4 Å². The zero-order valence-corrected chi connectivity index (χ0v) is 23.8. The highest BCUT2D eigenvalue weighted by atomic mass is 29.3. The maximum absolute atomic E-state index is 7.40. The van der Waals surface area contributed by atoms with Crippen molar-refractivity contribution in [3.05, 3.63) is 60.7 Å². The van der Waals surface area contributed by atoms with Crippen molar-refractivity contribution in [3.8, 4) is 11.5 Å². The monoisotopic (exact) mass is 466 g/mol. The maximum Gasteiger partial charge on any atom is 0.241 e. The third-order valence-corrected chi connectivity index (χ3v) is 20.0. The van der Waals surface area contributed by atoms with Crippen LogP contribution in [-0.2, 0) is 4.43 Å². The predicted octanol–water partition coefficient (Wildman–Crippen LogP) is 6.40. The summed E-state index contributed by atoms with van der Waals surface area (Å²) in [5, 5.41) is 2.79. The lowest BCUT2D eigenvalue weighted by atomic mass is 10.1. The fraction of sp³-hybridized carbons (Fsp3) is 0.481. The Morgan fingerprint density at radius 1 is 0.742 bits per heavy atom. The maximum atomic E-state index is 7.40. The number of hydrogen-bond donors (Lipinski definition) is 0. The van der Waals surface area contributed by atoms with Gasteiger partial charge in [-0.25, -0.2) is 0 Å².